The Kier molecular flexibility index (Phi) is 3.99. The maximum atomic E-state index is 12.6. The number of aromatic amines is 1. The number of aromatic nitrogens is 3. The zero-order chi connectivity index (χ0) is 17.3. The van der Waals surface area contributed by atoms with E-state index < -0.39 is 17.9 Å². The lowest BCUT2D eigenvalue weighted by atomic mass is 10.0. The van der Waals surface area contributed by atoms with Gasteiger partial charge >= 0.3 is 5.97 Å². The highest BCUT2D eigenvalue weighted by Gasteiger charge is 2.28. The molecule has 0 aliphatic heterocycles. The summed E-state index contributed by atoms with van der Waals surface area (Å²) in [4.78, 5) is 28.4. The van der Waals surface area contributed by atoms with Gasteiger partial charge in [0.1, 0.15) is 5.69 Å². The molecular formula is C17H16N4O3. The van der Waals surface area contributed by atoms with Crippen LogP contribution in [0.4, 0.5) is 0 Å². The number of carbonyl (C=O) groups is 2. The summed E-state index contributed by atoms with van der Waals surface area (Å²) in [5, 5.41) is 20.3. The van der Waals surface area contributed by atoms with Crippen LogP contribution in [0, 0.1) is 13.8 Å². The Hall–Kier alpha value is -3.22. The lowest BCUT2D eigenvalue weighted by molar-refractivity contribution is -0.139. The molecule has 0 spiro atoms. The first-order valence-corrected chi connectivity index (χ1v) is 7.38. The Balaban J connectivity index is 1.99. The Morgan fingerprint density at radius 3 is 2.62 bits per heavy atom. The molecule has 1 atom stereocenters. The van der Waals surface area contributed by atoms with Crippen LogP contribution < -0.4 is 5.32 Å². The van der Waals surface area contributed by atoms with E-state index in [9.17, 15) is 14.7 Å². The molecule has 3 N–H and O–H groups in total. The summed E-state index contributed by atoms with van der Waals surface area (Å²) in [7, 11) is 0. The number of rotatable bonds is 4. The molecule has 122 valence electrons. The summed E-state index contributed by atoms with van der Waals surface area (Å²) < 4.78 is 0. The van der Waals surface area contributed by atoms with E-state index in [1.54, 1.807) is 32.0 Å². The summed E-state index contributed by atoms with van der Waals surface area (Å²) in [6.07, 6.45) is 1.53. The van der Waals surface area contributed by atoms with Gasteiger partial charge < -0.3 is 10.4 Å². The van der Waals surface area contributed by atoms with Gasteiger partial charge in [-0.05, 0) is 25.3 Å². The first-order valence-electron chi connectivity index (χ1n) is 7.38. The molecule has 0 aliphatic rings. The fourth-order valence-electron chi connectivity index (χ4n) is 2.74. The summed E-state index contributed by atoms with van der Waals surface area (Å²) in [5.74, 6) is -1.70. The van der Waals surface area contributed by atoms with Crippen LogP contribution in [0.5, 0.6) is 0 Å². The second-order valence-corrected chi connectivity index (χ2v) is 5.47. The molecule has 7 heteroatoms. The van der Waals surface area contributed by atoms with Crippen molar-refractivity contribution in [2.45, 2.75) is 19.9 Å². The number of aryl methyl sites for hydroxylation is 2. The van der Waals surface area contributed by atoms with E-state index >= 15 is 0 Å². The van der Waals surface area contributed by atoms with E-state index in [1.807, 2.05) is 12.1 Å². The molecule has 1 aromatic carbocycles. The molecule has 2 heterocycles. The quantitative estimate of drug-likeness (QED) is 0.681. The van der Waals surface area contributed by atoms with Gasteiger partial charge in [0.25, 0.3) is 5.91 Å². The lowest BCUT2D eigenvalue weighted by Gasteiger charge is -2.15. The molecule has 0 bridgehead atoms. The van der Waals surface area contributed by atoms with E-state index in [0.29, 0.717) is 22.3 Å². The Labute approximate surface area is 137 Å². The summed E-state index contributed by atoms with van der Waals surface area (Å²) in [5.41, 5.74) is 1.78. The summed E-state index contributed by atoms with van der Waals surface area (Å²) >= 11 is 0. The third-order valence-electron chi connectivity index (χ3n) is 3.88. The molecule has 0 saturated carbocycles. The van der Waals surface area contributed by atoms with Gasteiger partial charge in [0.2, 0.25) is 0 Å². The van der Waals surface area contributed by atoms with Gasteiger partial charge in [-0.3, -0.25) is 14.9 Å². The maximum Gasteiger partial charge on any atom is 0.331 e. The lowest BCUT2D eigenvalue weighted by Crippen LogP contribution is -2.35. The third kappa shape index (κ3) is 2.71. The van der Waals surface area contributed by atoms with Gasteiger partial charge in [-0.25, -0.2) is 4.79 Å². The van der Waals surface area contributed by atoms with Crippen LogP contribution in [0.1, 0.15) is 33.5 Å². The highest BCUT2D eigenvalue weighted by molar-refractivity contribution is 6.06. The normalized spacial score (nSPS) is 12.1. The largest absolute Gasteiger partial charge is 0.479 e. The van der Waals surface area contributed by atoms with Crippen molar-refractivity contribution in [2.75, 3.05) is 0 Å². The maximum absolute atomic E-state index is 12.6. The second kappa shape index (κ2) is 6.11. The number of fused-ring (bicyclic) bond motifs is 1. The van der Waals surface area contributed by atoms with Gasteiger partial charge in [0.15, 0.2) is 6.04 Å². The number of carboxylic acid groups (broad SMARTS) is 1. The Bertz CT molecular complexity index is 908. The van der Waals surface area contributed by atoms with Crippen molar-refractivity contribution in [2.24, 2.45) is 0 Å². The van der Waals surface area contributed by atoms with Crippen molar-refractivity contribution in [3.8, 4) is 0 Å². The topological polar surface area (TPSA) is 108 Å². The average Bonchev–Trinajstić information content (AvgIpc) is 2.90. The minimum absolute atomic E-state index is 0.193. The number of H-pyrrole nitrogens is 1. The van der Waals surface area contributed by atoms with E-state index in [2.05, 4.69) is 20.5 Å². The minimum atomic E-state index is -1.20. The van der Waals surface area contributed by atoms with Gasteiger partial charge in [0.05, 0.1) is 5.69 Å². The highest BCUT2D eigenvalue weighted by atomic mass is 16.4. The zero-order valence-electron chi connectivity index (χ0n) is 13.2. The molecule has 1 amide bonds. The van der Waals surface area contributed by atoms with Gasteiger partial charge in [0, 0.05) is 22.8 Å². The molecule has 2 aromatic heterocycles. The summed E-state index contributed by atoms with van der Waals surface area (Å²) in [6, 6.07) is 7.92. The fraction of sp³-hybridized carbons (Fsp3) is 0.176. The zero-order valence-corrected chi connectivity index (χ0v) is 13.2. The monoisotopic (exact) mass is 324 g/mol. The number of hydrogen-bond donors (Lipinski definition) is 3. The predicted molar refractivity (Wildman–Crippen MR) is 87.6 cm³/mol. The molecule has 0 unspecified atom stereocenters. The first-order chi connectivity index (χ1) is 11.5. The van der Waals surface area contributed by atoms with Gasteiger partial charge in [-0.1, -0.05) is 24.3 Å². The highest BCUT2D eigenvalue weighted by Crippen LogP contribution is 2.22. The molecule has 0 fully saturated rings. The second-order valence-electron chi connectivity index (χ2n) is 5.47. The van der Waals surface area contributed by atoms with Crippen molar-refractivity contribution >= 4 is 22.6 Å². The number of carbonyl (C=O) groups excluding carboxylic acids is 1. The van der Waals surface area contributed by atoms with Crippen molar-refractivity contribution in [3.63, 3.8) is 0 Å². The first kappa shape index (κ1) is 15.7. The molecule has 24 heavy (non-hydrogen) atoms. The summed E-state index contributed by atoms with van der Waals surface area (Å²) in [6.45, 7) is 3.41. The molecular weight excluding hydrogens is 308 g/mol. The van der Waals surface area contributed by atoms with Crippen molar-refractivity contribution in [1.29, 1.82) is 0 Å². The molecule has 7 nitrogen and oxygen atoms in total. The molecule has 0 saturated heterocycles. The van der Waals surface area contributed by atoms with E-state index in [1.165, 1.54) is 6.20 Å². The number of carboxylic acids is 1. The van der Waals surface area contributed by atoms with Gasteiger partial charge in [-0.15, -0.1) is 0 Å². The number of nitrogens with zero attached hydrogens (tertiary/aromatic N) is 2. The van der Waals surface area contributed by atoms with E-state index in [4.69, 9.17) is 0 Å². The SMILES string of the molecule is Cc1n[nH]c(C)c1[C@H](NC(=O)c1nccc2ccccc12)C(=O)O. The number of amides is 1. The van der Waals surface area contributed by atoms with Crippen LogP contribution >= 0.6 is 0 Å². The number of pyridine rings is 1. The number of hydrogen-bond acceptors (Lipinski definition) is 4. The van der Waals surface area contributed by atoms with Crippen LogP contribution in [-0.2, 0) is 4.79 Å². The Morgan fingerprint density at radius 2 is 1.96 bits per heavy atom. The number of aliphatic carboxylic acids is 1. The number of nitrogens with one attached hydrogen (secondary N) is 2. The van der Waals surface area contributed by atoms with Crippen LogP contribution in [0.2, 0.25) is 0 Å². The van der Waals surface area contributed by atoms with Crippen molar-refractivity contribution in [3.05, 3.63) is 59.2 Å². The van der Waals surface area contributed by atoms with E-state index in [-0.39, 0.29) is 5.69 Å². The molecule has 3 aromatic rings. The minimum Gasteiger partial charge on any atom is -0.479 e. The average molecular weight is 324 g/mol. The van der Waals surface area contributed by atoms with Crippen LogP contribution in [0.25, 0.3) is 10.8 Å². The molecule has 3 rings (SSSR count). The Morgan fingerprint density at radius 1 is 1.21 bits per heavy atom. The third-order valence-corrected chi connectivity index (χ3v) is 3.88. The van der Waals surface area contributed by atoms with Crippen LogP contribution in [-0.4, -0.2) is 32.2 Å². The van der Waals surface area contributed by atoms with Gasteiger partial charge in [-0.2, -0.15) is 5.10 Å². The van der Waals surface area contributed by atoms with Crippen molar-refractivity contribution < 1.29 is 14.7 Å². The van der Waals surface area contributed by atoms with Crippen LogP contribution in [0.3, 0.4) is 0 Å². The smallest absolute Gasteiger partial charge is 0.331 e. The standard InChI is InChI=1S/C17H16N4O3/c1-9-13(10(2)21-20-9)15(17(23)24)19-16(22)14-12-6-4-3-5-11(12)7-8-18-14/h3-8,15H,1-2H3,(H,19,22)(H,20,21)(H,23,24)/t15-/m0/s1. The van der Waals surface area contributed by atoms with E-state index in [0.717, 1.165) is 5.39 Å². The fourth-order valence-corrected chi connectivity index (χ4v) is 2.74. The van der Waals surface area contributed by atoms with Crippen LogP contribution in [0.15, 0.2) is 36.5 Å². The predicted octanol–water partition coefficient (Wildman–Crippen LogP) is 2.13. The molecule has 0 aliphatic carbocycles. The van der Waals surface area contributed by atoms with Crippen molar-refractivity contribution in [1.82, 2.24) is 20.5 Å². The molecule has 0 radical (unpaired) electrons. The number of benzene rings is 1.